The highest BCUT2D eigenvalue weighted by molar-refractivity contribution is 7.84. The Bertz CT molecular complexity index is 1570. The van der Waals surface area contributed by atoms with Gasteiger partial charge in [-0.2, -0.15) is 0 Å². The molecule has 9 nitrogen and oxygen atoms in total. The van der Waals surface area contributed by atoms with Gasteiger partial charge in [-0.25, -0.2) is 23.1 Å². The minimum absolute atomic E-state index is 0.0295. The Morgan fingerprint density at radius 1 is 1.07 bits per heavy atom. The predicted molar refractivity (Wildman–Crippen MR) is 179 cm³/mol. The van der Waals surface area contributed by atoms with Gasteiger partial charge in [-0.1, -0.05) is 60.8 Å². The number of carbonyl (C=O) groups is 2. The molecule has 3 unspecified atom stereocenters. The zero-order valence-corrected chi connectivity index (χ0v) is 28.1. The Kier molecular flexibility index (Phi) is 10.5. The van der Waals surface area contributed by atoms with E-state index in [4.69, 9.17) is 16.3 Å². The summed E-state index contributed by atoms with van der Waals surface area (Å²) in [5.41, 5.74) is 0.632. The van der Waals surface area contributed by atoms with Crippen molar-refractivity contribution in [1.82, 2.24) is 14.6 Å². The van der Waals surface area contributed by atoms with Crippen LogP contribution in [0.2, 0.25) is 5.02 Å². The molecule has 12 heteroatoms. The fourth-order valence-corrected chi connectivity index (χ4v) is 6.73. The molecule has 0 spiro atoms. The largest absolute Gasteiger partial charge is 0.380 e. The number of halogens is 2. The molecule has 246 valence electrons. The molecule has 1 saturated heterocycles. The van der Waals surface area contributed by atoms with E-state index in [0.717, 1.165) is 24.8 Å². The highest BCUT2D eigenvalue weighted by Gasteiger charge is 2.42. The van der Waals surface area contributed by atoms with Crippen molar-refractivity contribution in [3.05, 3.63) is 88.8 Å². The fourth-order valence-electron chi connectivity index (χ4n) is 5.66. The van der Waals surface area contributed by atoms with E-state index in [-0.39, 0.29) is 30.6 Å². The fraction of sp³-hybridized carbons (Fsp3) is 0.441. The normalized spacial score (nSPS) is 20.2. The molecule has 5 rings (SSSR count). The highest BCUT2D eigenvalue weighted by Crippen LogP contribution is 2.42. The lowest BCUT2D eigenvalue weighted by molar-refractivity contribution is -0.119. The molecule has 3 amide bonds. The monoisotopic (exact) mass is 669 g/mol. The second-order valence-corrected chi connectivity index (χ2v) is 15.4. The maximum absolute atomic E-state index is 15.5. The third-order valence-electron chi connectivity index (χ3n) is 8.55. The molecule has 2 aromatic carbocycles. The summed E-state index contributed by atoms with van der Waals surface area (Å²) in [5.74, 6) is -0.314. The van der Waals surface area contributed by atoms with Crippen molar-refractivity contribution in [2.75, 3.05) is 24.3 Å². The lowest BCUT2D eigenvalue weighted by Gasteiger charge is -2.38. The lowest BCUT2D eigenvalue weighted by atomic mass is 9.79. The topological polar surface area (TPSA) is 113 Å². The van der Waals surface area contributed by atoms with Crippen LogP contribution < -0.4 is 15.4 Å². The van der Waals surface area contributed by atoms with Crippen molar-refractivity contribution in [1.29, 1.82) is 0 Å². The molecule has 1 aliphatic heterocycles. The SMILES string of the molecule is COC1CC(C(=O)Nc2cc(C(CCC3CC3)(N[S@](=O)C(C)(C)C)c3ccccc3)ccc2F)N(C(=O)Nc2ccc(Cl)cn2)C1. The zero-order chi connectivity index (χ0) is 33.1. The van der Waals surface area contributed by atoms with E-state index in [1.54, 1.807) is 24.3 Å². The molecule has 3 N–H and O–H groups in total. The van der Waals surface area contributed by atoms with Crippen LogP contribution in [0.25, 0.3) is 0 Å². The van der Waals surface area contributed by atoms with Gasteiger partial charge in [0.1, 0.15) is 17.7 Å². The number of hydrogen-bond donors (Lipinski definition) is 3. The Morgan fingerprint density at radius 2 is 1.80 bits per heavy atom. The summed E-state index contributed by atoms with van der Waals surface area (Å²) in [5, 5.41) is 5.86. The number of urea groups is 1. The van der Waals surface area contributed by atoms with Crippen molar-refractivity contribution < 1.29 is 22.9 Å². The molecule has 2 aliphatic rings. The molecule has 0 bridgehead atoms. The van der Waals surface area contributed by atoms with Crippen molar-refractivity contribution >= 4 is 46.0 Å². The van der Waals surface area contributed by atoms with Crippen LogP contribution in [0.15, 0.2) is 66.9 Å². The molecule has 2 heterocycles. The van der Waals surface area contributed by atoms with Crippen LogP contribution in [0.1, 0.15) is 64.0 Å². The number of amides is 3. The van der Waals surface area contributed by atoms with E-state index >= 15 is 4.39 Å². The first kappa shape index (κ1) is 34.0. The van der Waals surface area contributed by atoms with Gasteiger partial charge in [0, 0.05) is 26.3 Å². The van der Waals surface area contributed by atoms with E-state index in [9.17, 15) is 13.8 Å². The molecule has 1 saturated carbocycles. The summed E-state index contributed by atoms with van der Waals surface area (Å²) in [4.78, 5) is 32.5. The Morgan fingerprint density at radius 3 is 2.43 bits per heavy atom. The number of nitrogens with one attached hydrogen (secondary N) is 3. The first-order chi connectivity index (χ1) is 21.9. The van der Waals surface area contributed by atoms with Gasteiger partial charge in [0.25, 0.3) is 0 Å². The van der Waals surface area contributed by atoms with Gasteiger partial charge in [0.15, 0.2) is 0 Å². The molecular weight excluding hydrogens is 629 g/mol. The summed E-state index contributed by atoms with van der Waals surface area (Å²) < 4.78 is 37.5. The molecule has 2 fully saturated rings. The first-order valence-corrected chi connectivity index (χ1v) is 17.0. The van der Waals surface area contributed by atoms with Crippen LogP contribution >= 0.6 is 11.6 Å². The molecule has 1 aliphatic carbocycles. The van der Waals surface area contributed by atoms with Crippen molar-refractivity contribution in [2.24, 2.45) is 5.92 Å². The minimum atomic E-state index is -1.47. The van der Waals surface area contributed by atoms with Gasteiger partial charge in [-0.15, -0.1) is 0 Å². The number of ether oxygens (including phenoxy) is 1. The molecule has 3 aromatic rings. The summed E-state index contributed by atoms with van der Waals surface area (Å²) in [6.07, 6.45) is 5.08. The number of aromatic nitrogens is 1. The molecule has 0 radical (unpaired) electrons. The second-order valence-electron chi connectivity index (χ2n) is 13.0. The predicted octanol–water partition coefficient (Wildman–Crippen LogP) is 6.62. The van der Waals surface area contributed by atoms with Crippen molar-refractivity contribution in [3.63, 3.8) is 0 Å². The number of carbonyl (C=O) groups excluding carboxylic acids is 2. The van der Waals surface area contributed by atoms with E-state index in [1.165, 1.54) is 24.3 Å². The number of methoxy groups -OCH3 is 1. The van der Waals surface area contributed by atoms with Gasteiger partial charge >= 0.3 is 6.03 Å². The van der Waals surface area contributed by atoms with Crippen LogP contribution in [0.5, 0.6) is 0 Å². The molecular formula is C34H41ClFN5O4S. The van der Waals surface area contributed by atoms with E-state index in [1.807, 2.05) is 51.1 Å². The van der Waals surface area contributed by atoms with Crippen LogP contribution in [-0.4, -0.2) is 56.6 Å². The second kappa shape index (κ2) is 14.2. The zero-order valence-electron chi connectivity index (χ0n) is 26.5. The summed E-state index contributed by atoms with van der Waals surface area (Å²) in [7, 11) is 0.0494. The van der Waals surface area contributed by atoms with Gasteiger partial charge < -0.3 is 15.0 Å². The maximum atomic E-state index is 15.5. The minimum Gasteiger partial charge on any atom is -0.380 e. The van der Waals surface area contributed by atoms with Gasteiger partial charge in [-0.05, 0) is 74.9 Å². The summed E-state index contributed by atoms with van der Waals surface area (Å²) in [6, 6.07) is 16.1. The summed E-state index contributed by atoms with van der Waals surface area (Å²) in [6.45, 7) is 5.88. The third kappa shape index (κ3) is 7.94. The number of anilines is 2. The molecule has 46 heavy (non-hydrogen) atoms. The Hall–Kier alpha value is -3.38. The van der Waals surface area contributed by atoms with Crippen LogP contribution in [0.4, 0.5) is 20.7 Å². The highest BCUT2D eigenvalue weighted by atomic mass is 35.5. The quantitative estimate of drug-likeness (QED) is 0.213. The number of rotatable bonds is 11. The number of benzene rings is 2. The third-order valence-corrected chi connectivity index (χ3v) is 10.4. The van der Waals surface area contributed by atoms with Gasteiger partial charge in [-0.3, -0.25) is 10.1 Å². The van der Waals surface area contributed by atoms with E-state index < -0.39 is 45.1 Å². The average molecular weight is 670 g/mol. The van der Waals surface area contributed by atoms with Crippen LogP contribution in [0.3, 0.4) is 0 Å². The number of hydrogen-bond acceptors (Lipinski definition) is 5. The number of likely N-dealkylation sites (tertiary alicyclic amines) is 1. The first-order valence-electron chi connectivity index (χ1n) is 15.5. The smallest absolute Gasteiger partial charge is 0.323 e. The maximum Gasteiger partial charge on any atom is 0.323 e. The van der Waals surface area contributed by atoms with E-state index in [0.29, 0.717) is 22.9 Å². The summed E-state index contributed by atoms with van der Waals surface area (Å²) >= 11 is 5.92. The van der Waals surface area contributed by atoms with Crippen molar-refractivity contribution in [2.45, 2.75) is 75.3 Å². The average Bonchev–Trinajstić information content (AvgIpc) is 3.76. The van der Waals surface area contributed by atoms with E-state index in [2.05, 4.69) is 20.3 Å². The molecule has 4 atom stereocenters. The Balaban J connectivity index is 1.46. The van der Waals surface area contributed by atoms with Crippen LogP contribution in [-0.2, 0) is 26.1 Å². The van der Waals surface area contributed by atoms with Gasteiger partial charge in [0.05, 0.1) is 38.1 Å². The lowest BCUT2D eigenvalue weighted by Crippen LogP contribution is -2.49. The standard InChI is InChI=1S/C34H41ClFN5O4S/c1-33(2,3)46(44)40-34(17-16-22-10-11-22,23-8-6-5-7-9-23)24-12-14-27(36)28(18-24)38-31(42)29-19-26(45-4)21-41(29)32(43)39-30-15-13-25(35)20-37-30/h5-9,12-15,18,20,22,26,29,40H,10-11,16-17,19,21H2,1-4H3,(H,38,42)(H,37,39,43)/t26?,29?,34?,46-/m1/s1. The van der Waals surface area contributed by atoms with Crippen molar-refractivity contribution in [3.8, 4) is 0 Å². The number of nitrogens with zero attached hydrogens (tertiary/aromatic N) is 2. The van der Waals surface area contributed by atoms with Gasteiger partial charge in [0.2, 0.25) is 5.91 Å². The Labute approximate surface area is 277 Å². The number of pyridine rings is 1. The van der Waals surface area contributed by atoms with Crippen LogP contribution in [0, 0.1) is 11.7 Å². The molecule has 1 aromatic heterocycles.